The van der Waals surface area contributed by atoms with Crippen molar-refractivity contribution in [3.63, 3.8) is 0 Å². The van der Waals surface area contributed by atoms with Gasteiger partial charge in [0.15, 0.2) is 0 Å². The lowest BCUT2D eigenvalue weighted by Crippen LogP contribution is -2.30. The molecule has 1 N–H and O–H groups in total. The number of nitrogens with one attached hydrogen (secondary N) is 1. The Bertz CT molecular complexity index is 319. The zero-order valence-electron chi connectivity index (χ0n) is 10.1. The van der Waals surface area contributed by atoms with Crippen LogP contribution in [0.5, 0.6) is 0 Å². The Balaban J connectivity index is 2.02. The Labute approximate surface area is 97.9 Å². The standard InChI is InChI=1S/C13H21N3/c1-2-9-14-12-7-6-8-13(15-12)16-10-4-3-5-11-16/h6-8H,2-5,9-11H2,1H3,(H,14,15). The molecule has 0 radical (unpaired) electrons. The number of anilines is 2. The predicted molar refractivity (Wildman–Crippen MR) is 69.1 cm³/mol. The third-order valence-electron chi connectivity index (χ3n) is 2.97. The summed E-state index contributed by atoms with van der Waals surface area (Å²) in [5, 5.41) is 3.34. The number of pyridine rings is 1. The summed E-state index contributed by atoms with van der Waals surface area (Å²) in [6, 6.07) is 6.25. The lowest BCUT2D eigenvalue weighted by molar-refractivity contribution is 0.573. The maximum Gasteiger partial charge on any atom is 0.130 e. The minimum Gasteiger partial charge on any atom is -0.370 e. The van der Waals surface area contributed by atoms with E-state index in [2.05, 4.69) is 34.3 Å². The fourth-order valence-electron chi connectivity index (χ4n) is 2.07. The molecule has 0 bridgehead atoms. The van der Waals surface area contributed by atoms with Crippen molar-refractivity contribution in [2.75, 3.05) is 29.9 Å². The second-order valence-corrected chi connectivity index (χ2v) is 4.36. The van der Waals surface area contributed by atoms with Gasteiger partial charge in [0.05, 0.1) is 0 Å². The van der Waals surface area contributed by atoms with Crippen molar-refractivity contribution in [1.82, 2.24) is 4.98 Å². The van der Waals surface area contributed by atoms with Crippen LogP contribution in [0.2, 0.25) is 0 Å². The molecule has 1 fully saturated rings. The summed E-state index contributed by atoms with van der Waals surface area (Å²) in [5.74, 6) is 2.13. The normalized spacial score (nSPS) is 16.2. The molecule has 3 nitrogen and oxygen atoms in total. The van der Waals surface area contributed by atoms with E-state index in [1.54, 1.807) is 0 Å². The van der Waals surface area contributed by atoms with E-state index >= 15 is 0 Å². The van der Waals surface area contributed by atoms with E-state index in [1.165, 1.54) is 19.3 Å². The lowest BCUT2D eigenvalue weighted by atomic mass is 10.1. The number of rotatable bonds is 4. The highest BCUT2D eigenvalue weighted by Crippen LogP contribution is 2.19. The van der Waals surface area contributed by atoms with Gasteiger partial charge in [-0.05, 0) is 37.8 Å². The van der Waals surface area contributed by atoms with Crippen molar-refractivity contribution < 1.29 is 0 Å². The summed E-state index contributed by atoms with van der Waals surface area (Å²) in [5.41, 5.74) is 0. The van der Waals surface area contributed by atoms with E-state index in [9.17, 15) is 0 Å². The van der Waals surface area contributed by atoms with Crippen molar-refractivity contribution in [1.29, 1.82) is 0 Å². The average Bonchev–Trinajstić information content (AvgIpc) is 2.38. The van der Waals surface area contributed by atoms with Crippen LogP contribution in [0, 0.1) is 0 Å². The van der Waals surface area contributed by atoms with Crippen LogP contribution in [0.25, 0.3) is 0 Å². The molecule has 1 aliphatic heterocycles. The van der Waals surface area contributed by atoms with Crippen LogP contribution < -0.4 is 10.2 Å². The first kappa shape index (κ1) is 11.2. The molecule has 3 heteroatoms. The predicted octanol–water partition coefficient (Wildman–Crippen LogP) is 2.89. The summed E-state index contributed by atoms with van der Waals surface area (Å²) in [6.45, 7) is 5.48. The Morgan fingerprint density at radius 3 is 2.81 bits per heavy atom. The van der Waals surface area contributed by atoms with Gasteiger partial charge < -0.3 is 10.2 Å². The summed E-state index contributed by atoms with van der Waals surface area (Å²) in [7, 11) is 0. The quantitative estimate of drug-likeness (QED) is 0.844. The minimum atomic E-state index is 0.996. The van der Waals surface area contributed by atoms with Crippen LogP contribution >= 0.6 is 0 Å². The highest BCUT2D eigenvalue weighted by molar-refractivity contribution is 5.47. The molecule has 1 saturated heterocycles. The first-order valence-electron chi connectivity index (χ1n) is 6.36. The number of piperidine rings is 1. The molecule has 1 aromatic heterocycles. The van der Waals surface area contributed by atoms with E-state index in [-0.39, 0.29) is 0 Å². The zero-order chi connectivity index (χ0) is 11.2. The molecule has 16 heavy (non-hydrogen) atoms. The van der Waals surface area contributed by atoms with E-state index in [4.69, 9.17) is 0 Å². The molecule has 0 atom stereocenters. The summed E-state index contributed by atoms with van der Waals surface area (Å²) in [6.07, 6.45) is 5.10. The van der Waals surface area contributed by atoms with E-state index in [0.717, 1.165) is 37.7 Å². The van der Waals surface area contributed by atoms with Crippen LogP contribution in [0.15, 0.2) is 18.2 Å². The average molecular weight is 219 g/mol. The van der Waals surface area contributed by atoms with E-state index in [1.807, 2.05) is 6.07 Å². The van der Waals surface area contributed by atoms with E-state index in [0.29, 0.717) is 0 Å². The Hall–Kier alpha value is -1.25. The largest absolute Gasteiger partial charge is 0.370 e. The highest BCUT2D eigenvalue weighted by atomic mass is 15.2. The maximum absolute atomic E-state index is 4.65. The van der Waals surface area contributed by atoms with Gasteiger partial charge in [-0.25, -0.2) is 4.98 Å². The van der Waals surface area contributed by atoms with Crippen LogP contribution in [0.4, 0.5) is 11.6 Å². The molecule has 0 unspecified atom stereocenters. The Morgan fingerprint density at radius 2 is 2.06 bits per heavy atom. The number of hydrogen-bond donors (Lipinski definition) is 1. The van der Waals surface area contributed by atoms with Crippen molar-refractivity contribution in [2.24, 2.45) is 0 Å². The topological polar surface area (TPSA) is 28.2 Å². The van der Waals surface area contributed by atoms with Gasteiger partial charge in [0.25, 0.3) is 0 Å². The van der Waals surface area contributed by atoms with Gasteiger partial charge in [0.2, 0.25) is 0 Å². The molecule has 0 spiro atoms. The fourth-order valence-corrected chi connectivity index (χ4v) is 2.07. The molecular weight excluding hydrogens is 198 g/mol. The summed E-state index contributed by atoms with van der Waals surface area (Å²) in [4.78, 5) is 7.04. The molecule has 88 valence electrons. The molecule has 0 saturated carbocycles. The second-order valence-electron chi connectivity index (χ2n) is 4.36. The number of hydrogen-bond acceptors (Lipinski definition) is 3. The van der Waals surface area contributed by atoms with Crippen molar-refractivity contribution in [3.05, 3.63) is 18.2 Å². The molecular formula is C13H21N3. The van der Waals surface area contributed by atoms with Gasteiger partial charge in [0.1, 0.15) is 11.6 Å². The molecule has 1 aliphatic rings. The van der Waals surface area contributed by atoms with Gasteiger partial charge >= 0.3 is 0 Å². The third-order valence-corrected chi connectivity index (χ3v) is 2.97. The molecule has 2 heterocycles. The Morgan fingerprint density at radius 1 is 1.25 bits per heavy atom. The van der Waals surface area contributed by atoms with Gasteiger partial charge in [-0.3, -0.25) is 0 Å². The molecule has 0 aliphatic carbocycles. The SMILES string of the molecule is CCCNc1cccc(N2CCCCC2)n1. The Kier molecular flexibility index (Phi) is 4.03. The monoisotopic (exact) mass is 219 g/mol. The molecule has 0 amide bonds. The molecule has 1 aromatic rings. The molecule has 0 aromatic carbocycles. The zero-order valence-corrected chi connectivity index (χ0v) is 10.1. The van der Waals surface area contributed by atoms with Crippen molar-refractivity contribution in [3.8, 4) is 0 Å². The fraction of sp³-hybridized carbons (Fsp3) is 0.615. The second kappa shape index (κ2) is 5.73. The first-order valence-corrected chi connectivity index (χ1v) is 6.36. The number of nitrogens with zero attached hydrogens (tertiary/aromatic N) is 2. The van der Waals surface area contributed by atoms with Crippen LogP contribution in [-0.4, -0.2) is 24.6 Å². The van der Waals surface area contributed by atoms with Gasteiger partial charge in [-0.15, -0.1) is 0 Å². The minimum absolute atomic E-state index is 0.996. The van der Waals surface area contributed by atoms with Crippen LogP contribution in [0.3, 0.4) is 0 Å². The smallest absolute Gasteiger partial charge is 0.130 e. The third kappa shape index (κ3) is 2.87. The molecule has 2 rings (SSSR count). The lowest BCUT2D eigenvalue weighted by Gasteiger charge is -2.27. The highest BCUT2D eigenvalue weighted by Gasteiger charge is 2.11. The summed E-state index contributed by atoms with van der Waals surface area (Å²) < 4.78 is 0. The van der Waals surface area contributed by atoms with Gasteiger partial charge in [-0.2, -0.15) is 0 Å². The number of aromatic nitrogens is 1. The van der Waals surface area contributed by atoms with Gasteiger partial charge in [0, 0.05) is 19.6 Å². The maximum atomic E-state index is 4.65. The van der Waals surface area contributed by atoms with Crippen molar-refractivity contribution >= 4 is 11.6 Å². The van der Waals surface area contributed by atoms with Crippen LogP contribution in [-0.2, 0) is 0 Å². The first-order chi connectivity index (χ1) is 7.90. The van der Waals surface area contributed by atoms with E-state index < -0.39 is 0 Å². The van der Waals surface area contributed by atoms with Crippen LogP contribution in [0.1, 0.15) is 32.6 Å². The van der Waals surface area contributed by atoms with Gasteiger partial charge in [-0.1, -0.05) is 13.0 Å². The summed E-state index contributed by atoms with van der Waals surface area (Å²) >= 11 is 0. The van der Waals surface area contributed by atoms with Crippen molar-refractivity contribution in [2.45, 2.75) is 32.6 Å².